The number of carbonyl (C=O) groups is 2. The van der Waals surface area contributed by atoms with Gasteiger partial charge in [0.05, 0.1) is 25.0 Å². The zero-order valence-corrected chi connectivity index (χ0v) is 17.0. The number of amides is 2. The van der Waals surface area contributed by atoms with Gasteiger partial charge in [-0.05, 0) is 36.2 Å². The number of methoxy groups -OCH3 is 2. The molecule has 1 aromatic heterocycles. The fourth-order valence-electron chi connectivity index (χ4n) is 2.32. The Morgan fingerprint density at radius 3 is 2.34 bits per heavy atom. The highest BCUT2D eigenvalue weighted by Crippen LogP contribution is 2.12. The van der Waals surface area contributed by atoms with Crippen molar-refractivity contribution in [3.63, 3.8) is 0 Å². The molecule has 0 aliphatic rings. The Balaban J connectivity index is 1.91. The van der Waals surface area contributed by atoms with E-state index in [4.69, 9.17) is 9.47 Å². The van der Waals surface area contributed by atoms with Crippen LogP contribution >= 0.6 is 0 Å². The molecule has 0 bridgehead atoms. The van der Waals surface area contributed by atoms with Crippen molar-refractivity contribution in [2.24, 2.45) is 0 Å². The van der Waals surface area contributed by atoms with Gasteiger partial charge in [-0.25, -0.2) is 13.1 Å². The summed E-state index contributed by atoms with van der Waals surface area (Å²) >= 11 is 0. The van der Waals surface area contributed by atoms with Gasteiger partial charge < -0.3 is 14.8 Å². The van der Waals surface area contributed by atoms with Crippen molar-refractivity contribution in [3.05, 3.63) is 59.4 Å². The molecule has 0 aliphatic carbocycles. The Morgan fingerprint density at radius 1 is 1.03 bits per heavy atom. The van der Waals surface area contributed by atoms with Crippen LogP contribution in [0.3, 0.4) is 0 Å². The molecular weight excluding hydrogens is 398 g/mol. The van der Waals surface area contributed by atoms with Crippen molar-refractivity contribution in [3.8, 4) is 5.75 Å². The predicted molar refractivity (Wildman–Crippen MR) is 106 cm³/mol. The molecule has 0 radical (unpaired) electrons. The molecular formula is C19H23N3O6S. The molecule has 2 amide bonds. The Labute approximate surface area is 169 Å². The summed E-state index contributed by atoms with van der Waals surface area (Å²) in [4.78, 5) is 27.9. The fourth-order valence-corrected chi connectivity index (χ4v) is 3.32. The molecule has 1 heterocycles. The molecule has 29 heavy (non-hydrogen) atoms. The van der Waals surface area contributed by atoms with Crippen LogP contribution in [-0.4, -0.2) is 58.3 Å². The third-order valence-corrected chi connectivity index (χ3v) is 5.15. The SMILES string of the molecule is COCCNC(=O)c1ccc(C(=O)NS(=O)(=O)CCc2ccc(OC)cc2)cn1. The van der Waals surface area contributed by atoms with Crippen LogP contribution in [0.1, 0.15) is 26.4 Å². The van der Waals surface area contributed by atoms with Gasteiger partial charge in [0.2, 0.25) is 10.0 Å². The molecule has 2 N–H and O–H groups in total. The van der Waals surface area contributed by atoms with E-state index in [0.29, 0.717) is 18.9 Å². The highest BCUT2D eigenvalue weighted by molar-refractivity contribution is 7.90. The van der Waals surface area contributed by atoms with E-state index in [1.807, 2.05) is 4.72 Å². The minimum absolute atomic E-state index is 0.0338. The summed E-state index contributed by atoms with van der Waals surface area (Å²) in [6, 6.07) is 9.68. The van der Waals surface area contributed by atoms with Crippen LogP contribution in [0.2, 0.25) is 0 Å². The highest BCUT2D eigenvalue weighted by Gasteiger charge is 2.17. The smallest absolute Gasteiger partial charge is 0.269 e. The number of nitrogens with zero attached hydrogens (tertiary/aromatic N) is 1. The Morgan fingerprint density at radius 2 is 1.76 bits per heavy atom. The number of nitrogens with one attached hydrogen (secondary N) is 2. The molecule has 0 saturated carbocycles. The summed E-state index contributed by atoms with van der Waals surface area (Å²) in [6.07, 6.45) is 1.39. The van der Waals surface area contributed by atoms with Crippen LogP contribution < -0.4 is 14.8 Å². The second kappa shape index (κ2) is 10.5. The number of hydrogen-bond donors (Lipinski definition) is 2. The molecule has 10 heteroatoms. The minimum atomic E-state index is -3.84. The van der Waals surface area contributed by atoms with E-state index in [1.54, 1.807) is 31.4 Å². The van der Waals surface area contributed by atoms with Crippen molar-refractivity contribution < 1.29 is 27.5 Å². The van der Waals surface area contributed by atoms with E-state index in [9.17, 15) is 18.0 Å². The monoisotopic (exact) mass is 421 g/mol. The number of aryl methyl sites for hydroxylation is 1. The topological polar surface area (TPSA) is 124 Å². The maximum Gasteiger partial charge on any atom is 0.269 e. The van der Waals surface area contributed by atoms with Gasteiger partial charge in [-0.3, -0.25) is 14.6 Å². The van der Waals surface area contributed by atoms with E-state index in [-0.39, 0.29) is 23.4 Å². The number of sulfonamides is 1. The zero-order valence-electron chi connectivity index (χ0n) is 16.2. The number of carbonyl (C=O) groups excluding carboxylic acids is 2. The largest absolute Gasteiger partial charge is 0.497 e. The summed E-state index contributed by atoms with van der Waals surface area (Å²) in [6.45, 7) is 0.687. The summed E-state index contributed by atoms with van der Waals surface area (Å²) in [5.74, 6) is -0.800. The normalized spacial score (nSPS) is 11.0. The van der Waals surface area contributed by atoms with Crippen molar-refractivity contribution >= 4 is 21.8 Å². The molecule has 0 aliphatic heterocycles. The molecule has 156 valence electrons. The maximum atomic E-state index is 12.2. The Kier molecular flexibility index (Phi) is 8.10. The van der Waals surface area contributed by atoms with Gasteiger partial charge in [-0.1, -0.05) is 12.1 Å². The summed E-state index contributed by atoms with van der Waals surface area (Å²) in [5.41, 5.74) is 0.945. The zero-order chi connectivity index (χ0) is 21.3. The van der Waals surface area contributed by atoms with Crippen LogP contribution in [0.5, 0.6) is 5.75 Å². The van der Waals surface area contributed by atoms with Crippen LogP contribution in [0.4, 0.5) is 0 Å². The molecule has 0 fully saturated rings. The second-order valence-electron chi connectivity index (χ2n) is 6.03. The first-order chi connectivity index (χ1) is 13.8. The lowest BCUT2D eigenvalue weighted by atomic mass is 10.2. The number of benzene rings is 1. The number of pyridine rings is 1. The third kappa shape index (κ3) is 7.16. The lowest BCUT2D eigenvalue weighted by molar-refractivity contribution is 0.0929. The minimum Gasteiger partial charge on any atom is -0.497 e. The highest BCUT2D eigenvalue weighted by atomic mass is 32.2. The van der Waals surface area contributed by atoms with E-state index >= 15 is 0 Å². The number of hydrogen-bond acceptors (Lipinski definition) is 7. The average molecular weight is 421 g/mol. The maximum absolute atomic E-state index is 12.2. The molecule has 0 saturated heterocycles. The molecule has 2 rings (SSSR count). The lowest BCUT2D eigenvalue weighted by Gasteiger charge is -2.08. The van der Waals surface area contributed by atoms with Gasteiger partial charge in [-0.2, -0.15) is 0 Å². The van der Waals surface area contributed by atoms with Crippen LogP contribution in [0.25, 0.3) is 0 Å². The standard InChI is InChI=1S/C19H23N3O6S/c1-27-11-10-20-19(24)17-8-5-15(13-21-17)18(23)22-29(25,26)12-9-14-3-6-16(28-2)7-4-14/h3-8,13H,9-12H2,1-2H3,(H,20,24)(H,22,23). The Bertz CT molecular complexity index is 927. The van der Waals surface area contributed by atoms with Gasteiger partial charge in [0.15, 0.2) is 0 Å². The van der Waals surface area contributed by atoms with E-state index < -0.39 is 21.8 Å². The first kappa shape index (κ1) is 22.3. The van der Waals surface area contributed by atoms with E-state index in [1.165, 1.54) is 19.2 Å². The van der Waals surface area contributed by atoms with Crippen molar-refractivity contribution in [2.75, 3.05) is 33.1 Å². The van der Waals surface area contributed by atoms with Crippen LogP contribution in [0.15, 0.2) is 42.6 Å². The first-order valence-corrected chi connectivity index (χ1v) is 10.4. The van der Waals surface area contributed by atoms with E-state index in [2.05, 4.69) is 10.3 Å². The number of aromatic nitrogens is 1. The number of rotatable bonds is 10. The van der Waals surface area contributed by atoms with Crippen LogP contribution in [0, 0.1) is 0 Å². The van der Waals surface area contributed by atoms with Gasteiger partial charge in [0, 0.05) is 19.9 Å². The first-order valence-electron chi connectivity index (χ1n) is 8.75. The lowest BCUT2D eigenvalue weighted by Crippen LogP contribution is -2.33. The number of ether oxygens (including phenoxy) is 2. The van der Waals surface area contributed by atoms with Gasteiger partial charge in [0.25, 0.3) is 11.8 Å². The average Bonchev–Trinajstić information content (AvgIpc) is 2.72. The van der Waals surface area contributed by atoms with Crippen molar-refractivity contribution in [1.82, 2.24) is 15.0 Å². The summed E-state index contributed by atoms with van der Waals surface area (Å²) in [7, 11) is -0.773. The summed E-state index contributed by atoms with van der Waals surface area (Å²) < 4.78 is 36.3. The Hall–Kier alpha value is -2.98. The molecule has 0 unspecified atom stereocenters. The van der Waals surface area contributed by atoms with Gasteiger partial charge in [-0.15, -0.1) is 0 Å². The van der Waals surface area contributed by atoms with Gasteiger partial charge in [0.1, 0.15) is 11.4 Å². The van der Waals surface area contributed by atoms with Crippen LogP contribution in [-0.2, 0) is 21.2 Å². The molecule has 0 atom stereocenters. The molecule has 2 aromatic rings. The van der Waals surface area contributed by atoms with E-state index in [0.717, 1.165) is 11.8 Å². The molecule has 0 spiro atoms. The van der Waals surface area contributed by atoms with Gasteiger partial charge >= 0.3 is 0 Å². The second-order valence-corrected chi connectivity index (χ2v) is 7.87. The summed E-state index contributed by atoms with van der Waals surface area (Å²) in [5, 5.41) is 2.60. The van der Waals surface area contributed by atoms with Crippen molar-refractivity contribution in [2.45, 2.75) is 6.42 Å². The fraction of sp³-hybridized carbons (Fsp3) is 0.316. The quantitative estimate of drug-likeness (QED) is 0.543. The third-order valence-electron chi connectivity index (χ3n) is 3.92. The molecule has 9 nitrogen and oxygen atoms in total. The predicted octanol–water partition coefficient (Wildman–Crippen LogP) is 0.769. The molecule has 1 aromatic carbocycles. The van der Waals surface area contributed by atoms with Crippen molar-refractivity contribution in [1.29, 1.82) is 0 Å².